The molecule has 10 nitrogen and oxygen atoms in total. The second-order valence-corrected chi connectivity index (χ2v) is 17.1. The number of aldehydes is 1. The molecule has 2 unspecified atom stereocenters. The van der Waals surface area contributed by atoms with Crippen LogP contribution in [0.5, 0.6) is 5.75 Å². The lowest BCUT2D eigenvalue weighted by atomic mass is 9.64. The molecule has 1 saturated carbocycles. The van der Waals surface area contributed by atoms with E-state index in [1.807, 2.05) is 15.9 Å². The summed E-state index contributed by atoms with van der Waals surface area (Å²) in [5.41, 5.74) is 6.84. The van der Waals surface area contributed by atoms with E-state index in [1.54, 1.807) is 37.4 Å². The summed E-state index contributed by atoms with van der Waals surface area (Å²) >= 11 is 0. The third kappa shape index (κ3) is 9.13. The number of carbonyl (C=O) groups is 4. The van der Waals surface area contributed by atoms with Gasteiger partial charge in [0.1, 0.15) is 11.8 Å². The van der Waals surface area contributed by atoms with Gasteiger partial charge < -0.3 is 20.2 Å². The number of likely N-dealkylation sites (N-methyl/N-ethyl adjacent to an activating group) is 2. The van der Waals surface area contributed by atoms with E-state index in [9.17, 15) is 33.1 Å². The molecule has 3 aromatic rings. The van der Waals surface area contributed by atoms with Gasteiger partial charge in [0.05, 0.1) is 24.7 Å². The number of carbonyl (C=O) groups excluding carboxylic acids is 4. The molecule has 59 heavy (non-hydrogen) atoms. The Labute approximate surface area is 346 Å². The highest BCUT2D eigenvalue weighted by molar-refractivity contribution is 6.03. The summed E-state index contributed by atoms with van der Waals surface area (Å²) in [7, 11) is 3.11. The molecule has 2 N–H and O–H groups in total. The van der Waals surface area contributed by atoms with Crippen molar-refractivity contribution >= 4 is 24.0 Å². The Morgan fingerprint density at radius 3 is 2.27 bits per heavy atom. The number of nitrogens with one attached hydrogen (secondary N) is 1. The number of likely N-dealkylation sites (tertiary alicyclic amines) is 1. The van der Waals surface area contributed by atoms with E-state index in [1.165, 1.54) is 17.5 Å². The van der Waals surface area contributed by atoms with E-state index in [0.717, 1.165) is 79.4 Å². The van der Waals surface area contributed by atoms with Crippen molar-refractivity contribution in [3.05, 3.63) is 112 Å². The number of nitrogens with zero attached hydrogens (tertiary/aromatic N) is 4. The second kappa shape index (κ2) is 18.1. The molecule has 2 atom stereocenters. The van der Waals surface area contributed by atoms with Gasteiger partial charge in [-0.3, -0.25) is 29.0 Å². The van der Waals surface area contributed by atoms with E-state index >= 15 is 0 Å². The highest BCUT2D eigenvalue weighted by Gasteiger charge is 2.40. The number of hydrogen-bond acceptors (Lipinski definition) is 7. The van der Waals surface area contributed by atoms with E-state index in [4.69, 9.17) is 0 Å². The minimum Gasteiger partial charge on any atom is -0.508 e. The minimum absolute atomic E-state index is 0.0909. The number of phenolic OH excluding ortho intramolecular Hbond substituents is 1. The maximum atomic E-state index is 13.6. The number of aromatic hydroxyl groups is 1. The quantitative estimate of drug-likeness (QED) is 0.144. The van der Waals surface area contributed by atoms with Crippen LogP contribution in [0.1, 0.15) is 117 Å². The molecule has 4 aliphatic rings. The van der Waals surface area contributed by atoms with E-state index in [-0.39, 0.29) is 53.2 Å². The Morgan fingerprint density at radius 2 is 1.63 bits per heavy atom. The van der Waals surface area contributed by atoms with Gasteiger partial charge in [-0.25, -0.2) is 8.78 Å². The minimum atomic E-state index is -2.43. The standard InChI is InChI=1S/C47H57F2N5O5/c1-4-5-6-41(45(58)50-2)51(3)46(59)40-25-36-27-52(26-35(36)23-37(40)30-55)29-43(57)53-21-18-47(19-22-53)16-13-32(14-17-47)31-7-9-33(10-8-31)44-39-12-11-38(56)24-34(39)15-20-54(44)28-42(48)49/h4,7-12,23-25,30,32,41-42,44,56H,1,5-6,13-22,26-29H2,2-3H3,(H,50,58). The van der Waals surface area contributed by atoms with Gasteiger partial charge in [0.15, 0.2) is 6.29 Å². The lowest BCUT2D eigenvalue weighted by Crippen LogP contribution is -2.47. The zero-order valence-corrected chi connectivity index (χ0v) is 34.3. The number of phenols is 1. The van der Waals surface area contributed by atoms with Crippen LogP contribution < -0.4 is 5.32 Å². The van der Waals surface area contributed by atoms with Crippen LogP contribution in [-0.4, -0.2) is 108 Å². The van der Waals surface area contributed by atoms with E-state index in [0.29, 0.717) is 51.1 Å². The van der Waals surface area contributed by atoms with Crippen LogP contribution in [0.2, 0.25) is 0 Å². The molecule has 0 aromatic heterocycles. The van der Waals surface area contributed by atoms with Crippen molar-refractivity contribution in [1.29, 1.82) is 0 Å². The maximum absolute atomic E-state index is 13.6. The normalized spacial score (nSPS) is 19.9. The predicted molar refractivity (Wildman–Crippen MR) is 222 cm³/mol. The average Bonchev–Trinajstić information content (AvgIpc) is 3.64. The van der Waals surface area contributed by atoms with Crippen LogP contribution in [0, 0.1) is 5.41 Å². The van der Waals surface area contributed by atoms with Gasteiger partial charge in [-0.05, 0) is 127 Å². The molecular formula is C47H57F2N5O5. The molecule has 1 aliphatic carbocycles. The number of hydrogen-bond donors (Lipinski definition) is 2. The summed E-state index contributed by atoms with van der Waals surface area (Å²) in [6.07, 6.45) is 7.88. The first-order valence-corrected chi connectivity index (χ1v) is 21.1. The van der Waals surface area contributed by atoms with Crippen LogP contribution >= 0.6 is 0 Å². The number of halogens is 2. The molecule has 12 heteroatoms. The molecule has 2 fully saturated rings. The third-order valence-corrected chi connectivity index (χ3v) is 13.6. The summed E-state index contributed by atoms with van der Waals surface area (Å²) in [4.78, 5) is 59.3. The number of alkyl halides is 2. The first-order valence-electron chi connectivity index (χ1n) is 21.1. The second-order valence-electron chi connectivity index (χ2n) is 17.1. The van der Waals surface area contributed by atoms with Crippen molar-refractivity contribution in [3.63, 3.8) is 0 Å². The molecule has 3 amide bonds. The SMILES string of the molecule is C=CCCC(C(=O)NC)N(C)C(=O)c1cc2c(cc1C=O)CN(CC(=O)N1CCC3(CCC(c4ccc(C5c6ccc(O)cc6CCN5CC(F)F)cc4)CC3)CC1)C2. The molecule has 3 heterocycles. The summed E-state index contributed by atoms with van der Waals surface area (Å²) in [6, 6.07) is 16.3. The lowest BCUT2D eigenvalue weighted by molar-refractivity contribution is -0.135. The smallest absolute Gasteiger partial charge is 0.255 e. The molecule has 1 spiro atoms. The fourth-order valence-corrected chi connectivity index (χ4v) is 10.2. The highest BCUT2D eigenvalue weighted by Crippen LogP contribution is 2.49. The van der Waals surface area contributed by atoms with E-state index < -0.39 is 18.4 Å². The van der Waals surface area contributed by atoms with Gasteiger partial charge in [-0.1, -0.05) is 36.4 Å². The first kappa shape index (κ1) is 42.2. The molecule has 314 valence electrons. The zero-order chi connectivity index (χ0) is 41.8. The summed E-state index contributed by atoms with van der Waals surface area (Å²) in [5, 5.41) is 12.7. The Kier molecular flexibility index (Phi) is 13.0. The highest BCUT2D eigenvalue weighted by atomic mass is 19.3. The summed E-state index contributed by atoms with van der Waals surface area (Å²) in [5.74, 6) is 0.0388. The molecule has 7 rings (SSSR count). The zero-order valence-electron chi connectivity index (χ0n) is 34.3. The lowest BCUT2D eigenvalue weighted by Gasteiger charge is -2.46. The van der Waals surface area contributed by atoms with Crippen molar-refractivity contribution in [2.45, 2.75) is 95.3 Å². The van der Waals surface area contributed by atoms with Gasteiger partial charge in [0, 0.05) is 52.4 Å². The Morgan fingerprint density at radius 1 is 0.949 bits per heavy atom. The van der Waals surface area contributed by atoms with Gasteiger partial charge in [-0.2, -0.15) is 0 Å². The maximum Gasteiger partial charge on any atom is 0.255 e. The van der Waals surface area contributed by atoms with Crippen molar-refractivity contribution in [2.24, 2.45) is 5.41 Å². The van der Waals surface area contributed by atoms with Crippen molar-refractivity contribution in [2.75, 3.05) is 46.8 Å². The number of benzene rings is 3. The number of fused-ring (bicyclic) bond motifs is 2. The first-order chi connectivity index (χ1) is 28.4. The van der Waals surface area contributed by atoms with Crippen molar-refractivity contribution in [3.8, 4) is 5.75 Å². The van der Waals surface area contributed by atoms with Crippen LogP contribution in [0.4, 0.5) is 8.78 Å². The molecule has 0 radical (unpaired) electrons. The monoisotopic (exact) mass is 809 g/mol. The Hall–Kier alpha value is -4.94. The predicted octanol–water partition coefficient (Wildman–Crippen LogP) is 6.85. The van der Waals surface area contributed by atoms with Crippen molar-refractivity contribution < 1.29 is 33.1 Å². The Balaban J connectivity index is 0.916. The average molecular weight is 810 g/mol. The summed E-state index contributed by atoms with van der Waals surface area (Å²) < 4.78 is 27.2. The van der Waals surface area contributed by atoms with Gasteiger partial charge in [0.25, 0.3) is 12.3 Å². The van der Waals surface area contributed by atoms with Crippen LogP contribution in [0.3, 0.4) is 0 Å². The number of amides is 3. The molecular weight excluding hydrogens is 753 g/mol. The topological polar surface area (TPSA) is 113 Å². The van der Waals surface area contributed by atoms with Crippen LogP contribution in [-0.2, 0) is 29.1 Å². The molecule has 3 aromatic carbocycles. The number of rotatable bonds is 13. The fraction of sp³-hybridized carbons (Fsp3) is 0.489. The summed E-state index contributed by atoms with van der Waals surface area (Å²) in [6.45, 7) is 6.67. The largest absolute Gasteiger partial charge is 0.508 e. The van der Waals surface area contributed by atoms with E-state index in [2.05, 4.69) is 41.1 Å². The number of allylic oxidation sites excluding steroid dienone is 1. The molecule has 0 bridgehead atoms. The van der Waals surface area contributed by atoms with Crippen molar-refractivity contribution in [1.82, 2.24) is 24.9 Å². The number of piperidine rings is 1. The Bertz CT molecular complexity index is 2040. The van der Waals surface area contributed by atoms with Crippen LogP contribution in [0.25, 0.3) is 0 Å². The van der Waals surface area contributed by atoms with Gasteiger partial charge in [-0.15, -0.1) is 6.58 Å². The van der Waals surface area contributed by atoms with Gasteiger partial charge in [0.2, 0.25) is 11.8 Å². The fourth-order valence-electron chi connectivity index (χ4n) is 10.2. The molecule has 3 aliphatic heterocycles. The third-order valence-electron chi connectivity index (χ3n) is 13.6. The van der Waals surface area contributed by atoms with Crippen LogP contribution in [0.15, 0.2) is 67.3 Å². The van der Waals surface area contributed by atoms with Gasteiger partial charge >= 0.3 is 0 Å². The molecule has 1 saturated heterocycles.